The summed E-state index contributed by atoms with van der Waals surface area (Å²) in [6.07, 6.45) is 4.41. The van der Waals surface area contributed by atoms with Crippen molar-refractivity contribution in [1.29, 1.82) is 0 Å². The Labute approximate surface area is 121 Å². The summed E-state index contributed by atoms with van der Waals surface area (Å²) in [6, 6.07) is 6.88. The standard InChI is InChI=1S/C17H25NO2/c1-17(2,19)16-4-3-9-18(16)10-7-13-5-6-15-14(12-13)8-11-20-15/h5-6,12,16,19H,3-4,7-11H2,1-2H3. The molecular formula is C17H25NO2. The van der Waals surface area contributed by atoms with Crippen molar-refractivity contribution in [2.45, 2.75) is 51.2 Å². The second-order valence-corrected chi connectivity index (χ2v) is 6.64. The summed E-state index contributed by atoms with van der Waals surface area (Å²) >= 11 is 0. The van der Waals surface area contributed by atoms with Gasteiger partial charge in [0.05, 0.1) is 12.2 Å². The predicted octanol–water partition coefficient (Wildman–Crippen LogP) is 2.40. The van der Waals surface area contributed by atoms with E-state index in [1.165, 1.54) is 17.5 Å². The summed E-state index contributed by atoms with van der Waals surface area (Å²) in [5.41, 5.74) is 2.14. The van der Waals surface area contributed by atoms with Gasteiger partial charge < -0.3 is 9.84 Å². The third-order valence-corrected chi connectivity index (χ3v) is 4.62. The van der Waals surface area contributed by atoms with Crippen LogP contribution in [0.1, 0.15) is 37.8 Å². The lowest BCUT2D eigenvalue weighted by Crippen LogP contribution is -2.46. The first kappa shape index (κ1) is 13.9. The van der Waals surface area contributed by atoms with Gasteiger partial charge in [0.1, 0.15) is 5.75 Å². The molecule has 0 saturated carbocycles. The Bertz CT molecular complexity index is 478. The van der Waals surface area contributed by atoms with Gasteiger partial charge >= 0.3 is 0 Å². The molecule has 1 atom stereocenters. The fraction of sp³-hybridized carbons (Fsp3) is 0.647. The monoisotopic (exact) mass is 275 g/mol. The van der Waals surface area contributed by atoms with Gasteiger partial charge in [-0.15, -0.1) is 0 Å². The normalized spacial score (nSPS) is 22.9. The highest BCUT2D eigenvalue weighted by Crippen LogP contribution is 2.28. The van der Waals surface area contributed by atoms with Gasteiger partial charge in [0.25, 0.3) is 0 Å². The predicted molar refractivity (Wildman–Crippen MR) is 80.2 cm³/mol. The molecule has 1 fully saturated rings. The summed E-state index contributed by atoms with van der Waals surface area (Å²) in [7, 11) is 0. The molecule has 1 N–H and O–H groups in total. The maximum atomic E-state index is 10.3. The Hall–Kier alpha value is -1.06. The topological polar surface area (TPSA) is 32.7 Å². The van der Waals surface area contributed by atoms with Crippen molar-refractivity contribution < 1.29 is 9.84 Å². The number of ether oxygens (including phenoxy) is 1. The molecule has 3 rings (SSSR count). The van der Waals surface area contributed by atoms with Crippen LogP contribution in [0.25, 0.3) is 0 Å². The average Bonchev–Trinajstić information content (AvgIpc) is 3.03. The van der Waals surface area contributed by atoms with Gasteiger partial charge in [-0.2, -0.15) is 0 Å². The molecule has 0 bridgehead atoms. The van der Waals surface area contributed by atoms with Crippen LogP contribution in [-0.2, 0) is 12.8 Å². The van der Waals surface area contributed by atoms with Gasteiger partial charge in [-0.05, 0) is 56.8 Å². The van der Waals surface area contributed by atoms with Crippen molar-refractivity contribution in [3.63, 3.8) is 0 Å². The van der Waals surface area contributed by atoms with Crippen molar-refractivity contribution >= 4 is 0 Å². The molecule has 2 aliphatic rings. The van der Waals surface area contributed by atoms with E-state index in [9.17, 15) is 5.11 Å². The lowest BCUT2D eigenvalue weighted by molar-refractivity contribution is -0.00196. The SMILES string of the molecule is CC(C)(O)C1CCCN1CCc1ccc2c(c1)CCO2. The molecule has 1 aromatic carbocycles. The van der Waals surface area contributed by atoms with E-state index >= 15 is 0 Å². The fourth-order valence-corrected chi connectivity index (χ4v) is 3.56. The highest BCUT2D eigenvalue weighted by molar-refractivity contribution is 5.39. The highest BCUT2D eigenvalue weighted by Gasteiger charge is 2.35. The van der Waals surface area contributed by atoms with E-state index in [-0.39, 0.29) is 0 Å². The minimum absolute atomic E-state index is 0.306. The van der Waals surface area contributed by atoms with Gasteiger partial charge in [0, 0.05) is 19.0 Å². The minimum atomic E-state index is -0.595. The molecule has 1 aromatic rings. The number of benzene rings is 1. The number of aliphatic hydroxyl groups is 1. The van der Waals surface area contributed by atoms with Gasteiger partial charge in [0.15, 0.2) is 0 Å². The molecule has 1 saturated heterocycles. The number of hydrogen-bond donors (Lipinski definition) is 1. The first-order valence-corrected chi connectivity index (χ1v) is 7.75. The van der Waals surface area contributed by atoms with Crippen molar-refractivity contribution in [3.8, 4) is 5.75 Å². The van der Waals surface area contributed by atoms with E-state index in [2.05, 4.69) is 23.1 Å². The third kappa shape index (κ3) is 2.84. The molecule has 0 amide bonds. The molecule has 20 heavy (non-hydrogen) atoms. The van der Waals surface area contributed by atoms with E-state index in [4.69, 9.17) is 4.74 Å². The average molecular weight is 275 g/mol. The maximum Gasteiger partial charge on any atom is 0.122 e. The highest BCUT2D eigenvalue weighted by atomic mass is 16.5. The Morgan fingerprint density at radius 1 is 1.40 bits per heavy atom. The van der Waals surface area contributed by atoms with Crippen LogP contribution in [0.2, 0.25) is 0 Å². The first-order chi connectivity index (χ1) is 9.54. The number of nitrogens with zero attached hydrogens (tertiary/aromatic N) is 1. The van der Waals surface area contributed by atoms with Crippen LogP contribution >= 0.6 is 0 Å². The summed E-state index contributed by atoms with van der Waals surface area (Å²) in [4.78, 5) is 2.45. The number of hydrogen-bond acceptors (Lipinski definition) is 3. The Kier molecular flexibility index (Phi) is 3.74. The number of fused-ring (bicyclic) bond motifs is 1. The van der Waals surface area contributed by atoms with Crippen LogP contribution in [0.5, 0.6) is 5.75 Å². The van der Waals surface area contributed by atoms with Crippen LogP contribution < -0.4 is 4.74 Å². The van der Waals surface area contributed by atoms with Crippen molar-refractivity contribution in [1.82, 2.24) is 4.90 Å². The molecule has 2 aliphatic heterocycles. The lowest BCUT2D eigenvalue weighted by atomic mass is 9.96. The van der Waals surface area contributed by atoms with E-state index in [0.29, 0.717) is 6.04 Å². The quantitative estimate of drug-likeness (QED) is 0.916. The number of rotatable bonds is 4. The second kappa shape index (κ2) is 5.38. The van der Waals surface area contributed by atoms with Crippen LogP contribution in [0.3, 0.4) is 0 Å². The molecule has 0 aliphatic carbocycles. The Morgan fingerprint density at radius 3 is 3.05 bits per heavy atom. The zero-order valence-electron chi connectivity index (χ0n) is 12.6. The van der Waals surface area contributed by atoms with Crippen molar-refractivity contribution in [2.75, 3.05) is 19.7 Å². The van der Waals surface area contributed by atoms with E-state index < -0.39 is 5.60 Å². The lowest BCUT2D eigenvalue weighted by Gasteiger charge is -2.33. The Balaban J connectivity index is 1.62. The fourth-order valence-electron chi connectivity index (χ4n) is 3.56. The molecular weight excluding hydrogens is 250 g/mol. The van der Waals surface area contributed by atoms with Gasteiger partial charge in [-0.1, -0.05) is 12.1 Å². The van der Waals surface area contributed by atoms with Crippen molar-refractivity contribution in [2.24, 2.45) is 0 Å². The third-order valence-electron chi connectivity index (χ3n) is 4.62. The molecule has 3 nitrogen and oxygen atoms in total. The minimum Gasteiger partial charge on any atom is -0.493 e. The largest absolute Gasteiger partial charge is 0.493 e. The summed E-state index contributed by atoms with van der Waals surface area (Å²) in [6.45, 7) is 6.84. The Morgan fingerprint density at radius 2 is 2.25 bits per heavy atom. The molecule has 1 unspecified atom stereocenters. The van der Waals surface area contributed by atoms with Crippen LogP contribution in [-0.4, -0.2) is 41.3 Å². The van der Waals surface area contributed by atoms with Gasteiger partial charge in [-0.25, -0.2) is 0 Å². The van der Waals surface area contributed by atoms with E-state index in [1.807, 2.05) is 13.8 Å². The van der Waals surface area contributed by atoms with Gasteiger partial charge in [-0.3, -0.25) is 4.90 Å². The molecule has 2 heterocycles. The zero-order valence-corrected chi connectivity index (χ0v) is 12.6. The van der Waals surface area contributed by atoms with Crippen molar-refractivity contribution in [3.05, 3.63) is 29.3 Å². The zero-order chi connectivity index (χ0) is 14.2. The maximum absolute atomic E-state index is 10.3. The summed E-state index contributed by atoms with van der Waals surface area (Å²) in [5.74, 6) is 1.06. The molecule has 3 heteroatoms. The van der Waals surface area contributed by atoms with Gasteiger partial charge in [0.2, 0.25) is 0 Å². The molecule has 0 radical (unpaired) electrons. The smallest absolute Gasteiger partial charge is 0.122 e. The molecule has 0 aromatic heterocycles. The summed E-state index contributed by atoms with van der Waals surface area (Å²) < 4.78 is 5.55. The second-order valence-electron chi connectivity index (χ2n) is 6.64. The van der Waals surface area contributed by atoms with Crippen LogP contribution in [0.15, 0.2) is 18.2 Å². The van der Waals surface area contributed by atoms with Crippen LogP contribution in [0, 0.1) is 0 Å². The summed E-state index contributed by atoms with van der Waals surface area (Å²) in [5, 5.41) is 10.3. The van der Waals surface area contributed by atoms with E-state index in [1.54, 1.807) is 0 Å². The van der Waals surface area contributed by atoms with Crippen LogP contribution in [0.4, 0.5) is 0 Å². The molecule has 0 spiro atoms. The molecule has 110 valence electrons. The van der Waals surface area contributed by atoms with E-state index in [0.717, 1.165) is 44.7 Å². The number of likely N-dealkylation sites (tertiary alicyclic amines) is 1. The first-order valence-electron chi connectivity index (χ1n) is 7.75.